The van der Waals surface area contributed by atoms with Gasteiger partial charge >= 0.3 is 0 Å². The molecule has 1 aromatic carbocycles. The van der Waals surface area contributed by atoms with Gasteiger partial charge < -0.3 is 14.7 Å². The van der Waals surface area contributed by atoms with Gasteiger partial charge in [-0.05, 0) is 55.5 Å². The molecule has 6 heteroatoms. The molecule has 0 radical (unpaired) electrons. The number of piperazine rings is 1. The summed E-state index contributed by atoms with van der Waals surface area (Å²) in [6, 6.07) is 12.3. The first-order valence-corrected chi connectivity index (χ1v) is 10.3. The topological polar surface area (TPSA) is 52.6 Å². The molecule has 0 N–H and O–H groups in total. The molecule has 2 aromatic rings. The second-order valence-electron chi connectivity index (χ2n) is 8.09. The third kappa shape index (κ3) is 4.11. The van der Waals surface area contributed by atoms with Crippen LogP contribution in [0.5, 0.6) is 0 Å². The Hall–Kier alpha value is -2.63. The summed E-state index contributed by atoms with van der Waals surface area (Å²) in [6.45, 7) is 9.51. The van der Waals surface area contributed by atoms with Crippen molar-refractivity contribution >= 4 is 17.4 Å². The Balaban J connectivity index is 1.36. The van der Waals surface area contributed by atoms with Crippen molar-refractivity contribution in [3.8, 4) is 0 Å². The van der Waals surface area contributed by atoms with Crippen LogP contribution in [0.2, 0.25) is 0 Å². The van der Waals surface area contributed by atoms with E-state index in [0.29, 0.717) is 24.7 Å². The van der Waals surface area contributed by atoms with E-state index >= 15 is 0 Å². The van der Waals surface area contributed by atoms with Gasteiger partial charge in [-0.15, -0.1) is 10.2 Å². The van der Waals surface area contributed by atoms with Gasteiger partial charge in [0.25, 0.3) is 5.91 Å². The van der Waals surface area contributed by atoms with E-state index in [4.69, 9.17) is 0 Å². The highest BCUT2D eigenvalue weighted by atomic mass is 16.2. The number of benzene rings is 1. The van der Waals surface area contributed by atoms with Crippen molar-refractivity contribution in [2.45, 2.75) is 26.7 Å². The van der Waals surface area contributed by atoms with Crippen molar-refractivity contribution in [3.63, 3.8) is 0 Å². The van der Waals surface area contributed by atoms with E-state index in [1.54, 1.807) is 0 Å². The zero-order chi connectivity index (χ0) is 19.5. The van der Waals surface area contributed by atoms with Crippen molar-refractivity contribution in [2.75, 3.05) is 49.1 Å². The van der Waals surface area contributed by atoms with Crippen LogP contribution in [0.4, 0.5) is 11.5 Å². The van der Waals surface area contributed by atoms with Gasteiger partial charge in [0.15, 0.2) is 11.5 Å². The number of carbonyl (C=O) groups is 1. The number of aryl methyl sites for hydroxylation is 1. The van der Waals surface area contributed by atoms with Gasteiger partial charge in [0.1, 0.15) is 0 Å². The highest BCUT2D eigenvalue weighted by Gasteiger charge is 2.24. The zero-order valence-corrected chi connectivity index (χ0v) is 16.8. The van der Waals surface area contributed by atoms with Crippen LogP contribution in [0.3, 0.4) is 0 Å². The van der Waals surface area contributed by atoms with E-state index in [0.717, 1.165) is 32.0 Å². The number of rotatable bonds is 3. The lowest BCUT2D eigenvalue weighted by Gasteiger charge is -2.36. The molecule has 0 saturated carbocycles. The molecule has 1 unspecified atom stereocenters. The summed E-state index contributed by atoms with van der Waals surface area (Å²) in [7, 11) is 0. The first-order chi connectivity index (χ1) is 13.6. The molecular formula is C22H29N5O. The molecule has 2 aliphatic rings. The molecule has 28 heavy (non-hydrogen) atoms. The largest absolute Gasteiger partial charge is 0.368 e. The molecule has 1 aromatic heterocycles. The molecule has 1 amide bonds. The quantitative estimate of drug-likeness (QED) is 0.821. The maximum absolute atomic E-state index is 12.8. The molecule has 0 aliphatic carbocycles. The lowest BCUT2D eigenvalue weighted by Crippen LogP contribution is -2.49. The number of nitrogens with zero attached hydrogens (tertiary/aromatic N) is 5. The Morgan fingerprint density at radius 1 is 1.00 bits per heavy atom. The van der Waals surface area contributed by atoms with Gasteiger partial charge in [-0.3, -0.25) is 4.79 Å². The van der Waals surface area contributed by atoms with Crippen LogP contribution in [-0.4, -0.2) is 60.3 Å². The number of amides is 1. The van der Waals surface area contributed by atoms with Crippen LogP contribution in [0.1, 0.15) is 35.8 Å². The summed E-state index contributed by atoms with van der Waals surface area (Å²) in [5, 5.41) is 8.59. The second kappa shape index (κ2) is 8.17. The molecule has 2 aliphatic heterocycles. The van der Waals surface area contributed by atoms with Crippen molar-refractivity contribution in [1.29, 1.82) is 0 Å². The predicted molar refractivity (Wildman–Crippen MR) is 112 cm³/mol. The summed E-state index contributed by atoms with van der Waals surface area (Å²) < 4.78 is 0. The van der Waals surface area contributed by atoms with Gasteiger partial charge in [0.05, 0.1) is 0 Å². The molecule has 1 atom stereocenters. The molecule has 0 bridgehead atoms. The van der Waals surface area contributed by atoms with E-state index in [1.807, 2.05) is 17.0 Å². The normalized spacial score (nSPS) is 20.4. The monoisotopic (exact) mass is 379 g/mol. The first kappa shape index (κ1) is 18.7. The Bertz CT molecular complexity index is 814. The SMILES string of the molecule is Cc1cccc(N2CCN(C(=O)c3ccc(N4CCCC(C)C4)nn3)CC2)c1. The molecule has 148 valence electrons. The van der Waals surface area contributed by atoms with Crippen LogP contribution in [-0.2, 0) is 0 Å². The van der Waals surface area contributed by atoms with Crippen molar-refractivity contribution in [1.82, 2.24) is 15.1 Å². The molecule has 6 nitrogen and oxygen atoms in total. The number of aromatic nitrogens is 2. The Labute approximate surface area is 167 Å². The molecule has 4 rings (SSSR count). The van der Waals surface area contributed by atoms with Crippen molar-refractivity contribution in [2.24, 2.45) is 5.92 Å². The number of hydrogen-bond donors (Lipinski definition) is 0. The predicted octanol–water partition coefficient (Wildman–Crippen LogP) is 2.98. The van der Waals surface area contributed by atoms with E-state index in [2.05, 4.69) is 58.1 Å². The number of anilines is 2. The molecule has 0 spiro atoms. The summed E-state index contributed by atoms with van der Waals surface area (Å²) in [4.78, 5) is 19.3. The van der Waals surface area contributed by atoms with E-state index in [9.17, 15) is 4.79 Å². The van der Waals surface area contributed by atoms with Crippen molar-refractivity contribution in [3.05, 3.63) is 47.7 Å². The van der Waals surface area contributed by atoms with Crippen molar-refractivity contribution < 1.29 is 4.79 Å². The summed E-state index contributed by atoms with van der Waals surface area (Å²) >= 11 is 0. The summed E-state index contributed by atoms with van der Waals surface area (Å²) in [5.74, 6) is 1.55. The standard InChI is InChI=1S/C22H29N5O/c1-17-5-3-7-19(15-17)25-11-13-26(14-12-25)22(28)20-8-9-21(24-23-20)27-10-4-6-18(2)16-27/h3,5,7-9,15,18H,4,6,10-14,16H2,1-2H3. The highest BCUT2D eigenvalue weighted by molar-refractivity contribution is 5.92. The van der Waals surface area contributed by atoms with E-state index in [1.165, 1.54) is 24.1 Å². The van der Waals surface area contributed by atoms with Gasteiger partial charge in [0.2, 0.25) is 0 Å². The molecule has 2 fully saturated rings. The van der Waals surface area contributed by atoms with Crippen LogP contribution in [0.15, 0.2) is 36.4 Å². The second-order valence-corrected chi connectivity index (χ2v) is 8.09. The number of carbonyl (C=O) groups excluding carboxylic acids is 1. The van der Waals surface area contributed by atoms with Crippen LogP contribution in [0.25, 0.3) is 0 Å². The zero-order valence-electron chi connectivity index (χ0n) is 16.8. The Morgan fingerprint density at radius 2 is 1.82 bits per heavy atom. The fourth-order valence-corrected chi connectivity index (χ4v) is 4.16. The minimum Gasteiger partial charge on any atom is -0.368 e. The minimum absolute atomic E-state index is 0.0186. The molecular weight excluding hydrogens is 350 g/mol. The Morgan fingerprint density at radius 3 is 2.50 bits per heavy atom. The fraction of sp³-hybridized carbons (Fsp3) is 0.500. The Kier molecular flexibility index (Phi) is 5.46. The van der Waals surface area contributed by atoms with Gasteiger partial charge in [-0.1, -0.05) is 19.1 Å². The van der Waals surface area contributed by atoms with E-state index in [-0.39, 0.29) is 5.91 Å². The number of hydrogen-bond acceptors (Lipinski definition) is 5. The van der Waals surface area contributed by atoms with Gasteiger partial charge in [-0.25, -0.2) is 0 Å². The maximum Gasteiger partial charge on any atom is 0.274 e. The molecule has 3 heterocycles. The maximum atomic E-state index is 12.8. The van der Waals surface area contributed by atoms with Crippen LogP contribution >= 0.6 is 0 Å². The summed E-state index contributed by atoms with van der Waals surface area (Å²) in [5.41, 5.74) is 2.93. The fourth-order valence-electron chi connectivity index (χ4n) is 4.16. The van der Waals surface area contributed by atoms with Crippen LogP contribution < -0.4 is 9.80 Å². The third-order valence-electron chi connectivity index (χ3n) is 5.78. The average Bonchev–Trinajstić information content (AvgIpc) is 2.73. The highest BCUT2D eigenvalue weighted by Crippen LogP contribution is 2.21. The molecule has 2 saturated heterocycles. The van der Waals surface area contributed by atoms with Gasteiger partial charge in [0, 0.05) is 45.0 Å². The van der Waals surface area contributed by atoms with Crippen LogP contribution in [0, 0.1) is 12.8 Å². The lowest BCUT2D eigenvalue weighted by molar-refractivity contribution is 0.0739. The first-order valence-electron chi connectivity index (χ1n) is 10.3. The summed E-state index contributed by atoms with van der Waals surface area (Å²) in [6.07, 6.45) is 2.46. The van der Waals surface area contributed by atoms with Gasteiger partial charge in [-0.2, -0.15) is 0 Å². The third-order valence-corrected chi connectivity index (χ3v) is 5.78. The smallest absolute Gasteiger partial charge is 0.274 e. The number of piperidine rings is 1. The lowest BCUT2D eigenvalue weighted by atomic mass is 10.0. The van der Waals surface area contributed by atoms with E-state index < -0.39 is 0 Å². The minimum atomic E-state index is -0.0186. The average molecular weight is 380 g/mol.